The van der Waals surface area contributed by atoms with Crippen molar-refractivity contribution in [3.63, 3.8) is 0 Å². The van der Waals surface area contributed by atoms with Gasteiger partial charge in [-0.05, 0) is 61.2 Å². The van der Waals surface area contributed by atoms with Gasteiger partial charge >= 0.3 is 5.63 Å². The van der Waals surface area contributed by atoms with E-state index in [1.54, 1.807) is 26.4 Å². The standard InChI is InChI=1S/C24H27NO5/c1-4-15-10-18-16(11-24(27)30-23(18)13-21(15)26)14-25-9-5-6-20(25)19-12-17(28-2)7-8-22(19)29-3/h7-8,10-13,20,26H,4-6,9,14H2,1-3H3/t20-/m0/s1. The van der Waals surface area contributed by atoms with Crippen LogP contribution in [-0.2, 0) is 13.0 Å². The lowest BCUT2D eigenvalue weighted by atomic mass is 10.0. The van der Waals surface area contributed by atoms with Gasteiger partial charge in [-0.2, -0.15) is 0 Å². The van der Waals surface area contributed by atoms with E-state index in [1.165, 1.54) is 0 Å². The Hall–Kier alpha value is -2.99. The summed E-state index contributed by atoms with van der Waals surface area (Å²) in [7, 11) is 3.34. The predicted octanol–water partition coefficient (Wildman–Crippen LogP) is 4.42. The van der Waals surface area contributed by atoms with Crippen LogP contribution in [0, 0.1) is 0 Å². The molecule has 158 valence electrons. The Kier molecular flexibility index (Phi) is 5.68. The molecule has 1 saturated heterocycles. The Balaban J connectivity index is 1.74. The van der Waals surface area contributed by atoms with Crippen molar-refractivity contribution in [1.29, 1.82) is 0 Å². The van der Waals surface area contributed by atoms with Crippen molar-refractivity contribution in [2.24, 2.45) is 0 Å². The van der Waals surface area contributed by atoms with Gasteiger partial charge in [0.1, 0.15) is 22.8 Å². The van der Waals surface area contributed by atoms with Crippen LogP contribution in [0.5, 0.6) is 17.2 Å². The molecule has 0 aliphatic carbocycles. The molecule has 0 amide bonds. The van der Waals surface area contributed by atoms with Gasteiger partial charge in [-0.15, -0.1) is 0 Å². The highest BCUT2D eigenvalue weighted by atomic mass is 16.5. The number of ether oxygens (including phenoxy) is 2. The minimum Gasteiger partial charge on any atom is -0.508 e. The fourth-order valence-electron chi connectivity index (χ4n) is 4.41. The molecule has 0 bridgehead atoms. The third kappa shape index (κ3) is 3.75. The molecule has 4 rings (SSSR count). The van der Waals surface area contributed by atoms with E-state index in [9.17, 15) is 9.90 Å². The van der Waals surface area contributed by atoms with Crippen molar-refractivity contribution < 1.29 is 19.0 Å². The smallest absolute Gasteiger partial charge is 0.336 e. The van der Waals surface area contributed by atoms with Crippen molar-refractivity contribution in [3.05, 3.63) is 63.5 Å². The van der Waals surface area contributed by atoms with E-state index >= 15 is 0 Å². The van der Waals surface area contributed by atoms with Crippen LogP contribution in [0.15, 0.2) is 45.6 Å². The van der Waals surface area contributed by atoms with E-state index in [1.807, 2.05) is 31.2 Å². The fourth-order valence-corrected chi connectivity index (χ4v) is 4.41. The summed E-state index contributed by atoms with van der Waals surface area (Å²) in [5, 5.41) is 11.0. The highest BCUT2D eigenvalue weighted by Crippen LogP contribution is 2.40. The maximum atomic E-state index is 12.2. The molecule has 2 heterocycles. The van der Waals surface area contributed by atoms with Crippen LogP contribution in [0.4, 0.5) is 0 Å². The monoisotopic (exact) mass is 409 g/mol. The Labute approximate surface area is 175 Å². The summed E-state index contributed by atoms with van der Waals surface area (Å²) >= 11 is 0. The molecular formula is C24H27NO5. The van der Waals surface area contributed by atoms with Crippen LogP contribution in [0.2, 0.25) is 0 Å². The predicted molar refractivity (Wildman–Crippen MR) is 115 cm³/mol. The van der Waals surface area contributed by atoms with E-state index in [0.717, 1.165) is 53.0 Å². The summed E-state index contributed by atoms with van der Waals surface area (Å²) in [4.78, 5) is 14.5. The van der Waals surface area contributed by atoms with Crippen LogP contribution in [0.3, 0.4) is 0 Å². The molecule has 0 saturated carbocycles. The molecule has 0 radical (unpaired) electrons. The summed E-state index contributed by atoms with van der Waals surface area (Å²) in [5.74, 6) is 1.79. The molecule has 0 unspecified atom stereocenters. The van der Waals surface area contributed by atoms with Crippen LogP contribution in [0.25, 0.3) is 11.0 Å². The topological polar surface area (TPSA) is 72.1 Å². The van der Waals surface area contributed by atoms with Gasteiger partial charge in [-0.3, -0.25) is 4.90 Å². The zero-order chi connectivity index (χ0) is 21.3. The number of aryl methyl sites for hydroxylation is 1. The molecular weight excluding hydrogens is 382 g/mol. The van der Waals surface area contributed by atoms with E-state index in [4.69, 9.17) is 13.9 Å². The average molecular weight is 409 g/mol. The van der Waals surface area contributed by atoms with Crippen molar-refractivity contribution in [1.82, 2.24) is 4.90 Å². The number of hydrogen-bond donors (Lipinski definition) is 1. The number of fused-ring (bicyclic) bond motifs is 1. The molecule has 1 aliphatic heterocycles. The number of phenols is 1. The number of benzene rings is 2. The minimum absolute atomic E-state index is 0.158. The Bertz CT molecular complexity index is 1120. The van der Waals surface area contributed by atoms with Crippen LogP contribution in [-0.4, -0.2) is 30.8 Å². The van der Waals surface area contributed by atoms with E-state index < -0.39 is 5.63 Å². The number of methoxy groups -OCH3 is 2. The molecule has 1 aromatic heterocycles. The summed E-state index contributed by atoms with van der Waals surface area (Å²) in [5.41, 5.74) is 2.85. The molecule has 1 atom stereocenters. The third-order valence-electron chi connectivity index (χ3n) is 5.94. The van der Waals surface area contributed by atoms with E-state index in [0.29, 0.717) is 18.5 Å². The Morgan fingerprint density at radius 3 is 2.70 bits per heavy atom. The lowest BCUT2D eigenvalue weighted by molar-refractivity contribution is 0.242. The number of aromatic hydroxyl groups is 1. The lowest BCUT2D eigenvalue weighted by Gasteiger charge is -2.27. The Morgan fingerprint density at radius 2 is 1.97 bits per heavy atom. The van der Waals surface area contributed by atoms with E-state index in [2.05, 4.69) is 4.90 Å². The Morgan fingerprint density at radius 1 is 1.13 bits per heavy atom. The largest absolute Gasteiger partial charge is 0.508 e. The van der Waals surface area contributed by atoms with Gasteiger partial charge in [0.25, 0.3) is 0 Å². The maximum absolute atomic E-state index is 12.2. The van der Waals surface area contributed by atoms with Crippen molar-refractivity contribution in [2.45, 2.75) is 38.8 Å². The van der Waals surface area contributed by atoms with Gasteiger partial charge in [-0.1, -0.05) is 6.92 Å². The average Bonchev–Trinajstić information content (AvgIpc) is 3.20. The van der Waals surface area contributed by atoms with Gasteiger partial charge in [0, 0.05) is 35.7 Å². The summed E-state index contributed by atoms with van der Waals surface area (Å²) in [6.07, 6.45) is 2.77. The molecule has 3 aromatic rings. The van der Waals surface area contributed by atoms with Crippen LogP contribution < -0.4 is 15.1 Å². The molecule has 6 nitrogen and oxygen atoms in total. The molecule has 1 aliphatic rings. The van der Waals surface area contributed by atoms with Gasteiger partial charge in [0.2, 0.25) is 0 Å². The maximum Gasteiger partial charge on any atom is 0.336 e. The zero-order valence-corrected chi connectivity index (χ0v) is 17.6. The first-order valence-corrected chi connectivity index (χ1v) is 10.3. The highest BCUT2D eigenvalue weighted by molar-refractivity contribution is 5.82. The second-order valence-corrected chi connectivity index (χ2v) is 7.66. The summed E-state index contributed by atoms with van der Waals surface area (Å²) in [6, 6.07) is 11.1. The van der Waals surface area contributed by atoms with Gasteiger partial charge in [0.05, 0.1) is 14.2 Å². The summed E-state index contributed by atoms with van der Waals surface area (Å²) in [6.45, 7) is 3.53. The normalized spacial score (nSPS) is 16.8. The molecule has 2 aromatic carbocycles. The highest BCUT2D eigenvalue weighted by Gasteiger charge is 2.29. The second-order valence-electron chi connectivity index (χ2n) is 7.66. The number of nitrogens with zero attached hydrogens (tertiary/aromatic N) is 1. The van der Waals surface area contributed by atoms with Crippen LogP contribution in [0.1, 0.15) is 42.5 Å². The first-order chi connectivity index (χ1) is 14.5. The number of rotatable bonds is 6. The zero-order valence-electron chi connectivity index (χ0n) is 17.6. The first-order valence-electron chi connectivity index (χ1n) is 10.3. The summed E-state index contributed by atoms with van der Waals surface area (Å²) < 4.78 is 16.4. The lowest BCUT2D eigenvalue weighted by Crippen LogP contribution is -2.24. The fraction of sp³-hybridized carbons (Fsp3) is 0.375. The first kappa shape index (κ1) is 20.3. The van der Waals surface area contributed by atoms with E-state index in [-0.39, 0.29) is 11.8 Å². The number of likely N-dealkylation sites (tertiary alicyclic amines) is 1. The van der Waals surface area contributed by atoms with Gasteiger partial charge in [-0.25, -0.2) is 4.79 Å². The number of phenolic OH excluding ortho intramolecular Hbond substituents is 1. The van der Waals surface area contributed by atoms with Gasteiger partial charge < -0.3 is 19.0 Å². The molecule has 30 heavy (non-hydrogen) atoms. The van der Waals surface area contributed by atoms with Crippen molar-refractivity contribution >= 4 is 11.0 Å². The van der Waals surface area contributed by atoms with Crippen LogP contribution >= 0.6 is 0 Å². The van der Waals surface area contributed by atoms with Crippen molar-refractivity contribution in [2.75, 3.05) is 20.8 Å². The second kappa shape index (κ2) is 8.40. The van der Waals surface area contributed by atoms with Gasteiger partial charge in [0.15, 0.2) is 0 Å². The minimum atomic E-state index is -0.407. The quantitative estimate of drug-likeness (QED) is 0.608. The molecule has 1 fully saturated rings. The van der Waals surface area contributed by atoms with Crippen molar-refractivity contribution in [3.8, 4) is 17.2 Å². The third-order valence-corrected chi connectivity index (χ3v) is 5.94. The molecule has 0 spiro atoms. The SMILES string of the molecule is CCc1cc2c(CN3CCC[C@H]3c3cc(OC)ccc3OC)cc(=O)oc2cc1O. The molecule has 6 heteroatoms. The number of hydrogen-bond acceptors (Lipinski definition) is 6. The molecule has 1 N–H and O–H groups in total.